The number of benzene rings is 1. The van der Waals surface area contributed by atoms with Crippen LogP contribution in [-0.2, 0) is 4.74 Å². The van der Waals surface area contributed by atoms with Crippen molar-refractivity contribution in [2.75, 3.05) is 13.1 Å². The molecule has 1 rings (SSSR count). The average molecular weight is 343 g/mol. The van der Waals surface area contributed by atoms with Crippen molar-refractivity contribution in [2.45, 2.75) is 39.2 Å². The molecule has 1 atom stereocenters. The fourth-order valence-electron chi connectivity index (χ4n) is 1.89. The summed E-state index contributed by atoms with van der Waals surface area (Å²) in [5.74, 6) is 0.0695. The van der Waals surface area contributed by atoms with E-state index in [2.05, 4.69) is 21.2 Å². The predicted octanol–water partition coefficient (Wildman–Crippen LogP) is 3.32. The summed E-state index contributed by atoms with van der Waals surface area (Å²) >= 11 is 3.46. The molecule has 1 unspecified atom stereocenters. The third kappa shape index (κ3) is 5.51. The minimum atomic E-state index is -0.492. The monoisotopic (exact) mass is 342 g/mol. The van der Waals surface area contributed by atoms with Crippen molar-refractivity contribution in [3.05, 3.63) is 33.8 Å². The zero-order chi connectivity index (χ0) is 15.3. The second kappa shape index (κ2) is 7.09. The van der Waals surface area contributed by atoms with Gasteiger partial charge in [0.25, 0.3) is 0 Å². The number of alkyl carbamates (subject to hydrolysis) is 1. The van der Waals surface area contributed by atoms with Crippen LogP contribution in [0.3, 0.4) is 0 Å². The molecule has 0 aliphatic carbocycles. The second-order valence-electron chi connectivity index (χ2n) is 5.82. The van der Waals surface area contributed by atoms with Gasteiger partial charge in [0, 0.05) is 23.5 Å². The molecule has 0 aliphatic heterocycles. The summed E-state index contributed by atoms with van der Waals surface area (Å²) < 4.78 is 6.23. The fourth-order valence-corrected chi connectivity index (χ4v) is 2.27. The first kappa shape index (κ1) is 17.0. The van der Waals surface area contributed by atoms with E-state index in [1.54, 1.807) is 0 Å². The van der Waals surface area contributed by atoms with Gasteiger partial charge >= 0.3 is 6.09 Å². The quantitative estimate of drug-likeness (QED) is 0.881. The van der Waals surface area contributed by atoms with Crippen LogP contribution < -0.4 is 11.1 Å². The topological polar surface area (TPSA) is 64.3 Å². The Morgan fingerprint density at radius 2 is 2.10 bits per heavy atom. The number of amides is 1. The lowest BCUT2D eigenvalue weighted by molar-refractivity contribution is 0.0525. The van der Waals surface area contributed by atoms with Crippen LogP contribution in [0.25, 0.3) is 0 Å². The molecule has 0 aromatic heterocycles. The summed E-state index contributed by atoms with van der Waals surface area (Å²) in [5, 5.41) is 2.78. The molecule has 20 heavy (non-hydrogen) atoms. The fraction of sp³-hybridized carbons (Fsp3) is 0.533. The first-order chi connectivity index (χ1) is 9.23. The van der Waals surface area contributed by atoms with Crippen LogP contribution in [-0.4, -0.2) is 24.8 Å². The molecular formula is C15H23BrN2O2. The molecule has 1 aromatic carbocycles. The van der Waals surface area contributed by atoms with Gasteiger partial charge in [0.2, 0.25) is 0 Å². The number of carbonyl (C=O) groups is 1. The number of ether oxygens (including phenoxy) is 1. The maximum atomic E-state index is 11.7. The minimum absolute atomic E-state index is 0.0695. The van der Waals surface area contributed by atoms with Gasteiger partial charge in [-0.15, -0.1) is 0 Å². The van der Waals surface area contributed by atoms with Crippen LogP contribution in [0.2, 0.25) is 0 Å². The van der Waals surface area contributed by atoms with Crippen molar-refractivity contribution in [3.63, 3.8) is 0 Å². The Hall–Kier alpha value is -1.07. The molecule has 3 N–H and O–H groups in total. The van der Waals surface area contributed by atoms with Gasteiger partial charge in [0.15, 0.2) is 0 Å². The minimum Gasteiger partial charge on any atom is -0.444 e. The van der Waals surface area contributed by atoms with Gasteiger partial charge in [-0.1, -0.05) is 22.0 Å². The summed E-state index contributed by atoms with van der Waals surface area (Å²) in [6.45, 7) is 8.48. The smallest absolute Gasteiger partial charge is 0.407 e. The maximum Gasteiger partial charge on any atom is 0.407 e. The van der Waals surface area contributed by atoms with E-state index in [0.717, 1.165) is 15.6 Å². The molecule has 5 heteroatoms. The first-order valence-corrected chi connectivity index (χ1v) is 7.45. The summed E-state index contributed by atoms with van der Waals surface area (Å²) in [4.78, 5) is 11.7. The molecule has 0 spiro atoms. The highest BCUT2D eigenvalue weighted by Crippen LogP contribution is 2.23. The van der Waals surface area contributed by atoms with E-state index in [-0.39, 0.29) is 5.92 Å². The van der Waals surface area contributed by atoms with Crippen LogP contribution in [0.1, 0.15) is 37.8 Å². The van der Waals surface area contributed by atoms with E-state index < -0.39 is 11.7 Å². The molecule has 112 valence electrons. The second-order valence-corrected chi connectivity index (χ2v) is 6.73. The SMILES string of the molecule is Cc1ccc(Br)cc1C(CN)CNC(=O)OC(C)(C)C. The molecule has 0 heterocycles. The molecule has 1 aromatic rings. The van der Waals surface area contributed by atoms with Crippen molar-refractivity contribution in [1.82, 2.24) is 5.32 Å². The number of aryl methyl sites for hydroxylation is 1. The molecule has 1 amide bonds. The van der Waals surface area contributed by atoms with Crippen molar-refractivity contribution in [3.8, 4) is 0 Å². The zero-order valence-electron chi connectivity index (χ0n) is 12.5. The van der Waals surface area contributed by atoms with Crippen molar-refractivity contribution in [2.24, 2.45) is 5.73 Å². The summed E-state index contributed by atoms with van der Waals surface area (Å²) in [7, 11) is 0. The Balaban J connectivity index is 2.68. The normalized spacial score (nSPS) is 12.9. The lowest BCUT2D eigenvalue weighted by Crippen LogP contribution is -2.36. The summed E-state index contributed by atoms with van der Waals surface area (Å²) in [5.41, 5.74) is 7.64. The number of halogens is 1. The molecule has 0 bridgehead atoms. The van der Waals surface area contributed by atoms with Gasteiger partial charge < -0.3 is 15.8 Å². The van der Waals surface area contributed by atoms with Gasteiger partial charge in [0.1, 0.15) is 5.60 Å². The first-order valence-electron chi connectivity index (χ1n) is 6.66. The predicted molar refractivity (Wildman–Crippen MR) is 84.9 cm³/mol. The maximum absolute atomic E-state index is 11.7. The molecule has 0 saturated heterocycles. The van der Waals surface area contributed by atoms with Gasteiger partial charge in [-0.25, -0.2) is 4.79 Å². The number of rotatable bonds is 4. The van der Waals surface area contributed by atoms with Crippen LogP contribution in [0.15, 0.2) is 22.7 Å². The Kier molecular flexibility index (Phi) is 6.02. The van der Waals surface area contributed by atoms with Crippen molar-refractivity contribution >= 4 is 22.0 Å². The Morgan fingerprint density at radius 1 is 1.45 bits per heavy atom. The summed E-state index contributed by atoms with van der Waals surface area (Å²) in [6.07, 6.45) is -0.413. The highest BCUT2D eigenvalue weighted by atomic mass is 79.9. The van der Waals surface area contributed by atoms with E-state index in [1.165, 1.54) is 0 Å². The van der Waals surface area contributed by atoms with Gasteiger partial charge in [-0.3, -0.25) is 0 Å². The largest absolute Gasteiger partial charge is 0.444 e. The third-order valence-corrected chi connectivity index (χ3v) is 3.35. The molecule has 4 nitrogen and oxygen atoms in total. The van der Waals surface area contributed by atoms with Gasteiger partial charge in [-0.2, -0.15) is 0 Å². The Bertz CT molecular complexity index is 469. The number of hydrogen-bond acceptors (Lipinski definition) is 3. The molecule has 0 radical (unpaired) electrons. The Morgan fingerprint density at radius 3 is 2.65 bits per heavy atom. The molecule has 0 aliphatic rings. The molecular weight excluding hydrogens is 320 g/mol. The average Bonchev–Trinajstić information content (AvgIpc) is 2.32. The molecule has 0 saturated carbocycles. The highest BCUT2D eigenvalue weighted by Gasteiger charge is 2.18. The number of hydrogen-bond donors (Lipinski definition) is 2. The Labute approximate surface area is 129 Å². The van der Waals surface area contributed by atoms with Gasteiger partial charge in [0.05, 0.1) is 0 Å². The summed E-state index contributed by atoms with van der Waals surface area (Å²) in [6, 6.07) is 6.08. The van der Waals surface area contributed by atoms with Crippen LogP contribution in [0, 0.1) is 6.92 Å². The van der Waals surface area contributed by atoms with E-state index in [0.29, 0.717) is 13.1 Å². The number of carbonyl (C=O) groups excluding carboxylic acids is 1. The highest BCUT2D eigenvalue weighted by molar-refractivity contribution is 9.10. The zero-order valence-corrected chi connectivity index (χ0v) is 14.1. The van der Waals surface area contributed by atoms with Crippen molar-refractivity contribution in [1.29, 1.82) is 0 Å². The van der Waals surface area contributed by atoms with Crippen molar-refractivity contribution < 1.29 is 9.53 Å². The van der Waals surface area contributed by atoms with E-state index in [4.69, 9.17) is 10.5 Å². The standard InChI is InChI=1S/C15H23BrN2O2/c1-10-5-6-12(16)7-13(10)11(8-17)9-18-14(19)20-15(2,3)4/h5-7,11H,8-9,17H2,1-4H3,(H,18,19). The van der Waals surface area contributed by atoms with E-state index >= 15 is 0 Å². The van der Waals surface area contributed by atoms with E-state index in [1.807, 2.05) is 45.9 Å². The van der Waals surface area contributed by atoms with Crippen LogP contribution in [0.5, 0.6) is 0 Å². The van der Waals surface area contributed by atoms with Crippen LogP contribution >= 0.6 is 15.9 Å². The van der Waals surface area contributed by atoms with Gasteiger partial charge in [-0.05, 0) is 51.0 Å². The third-order valence-electron chi connectivity index (χ3n) is 2.86. The lowest BCUT2D eigenvalue weighted by Gasteiger charge is -2.22. The lowest BCUT2D eigenvalue weighted by atomic mass is 9.95. The van der Waals surface area contributed by atoms with Crippen LogP contribution in [0.4, 0.5) is 4.79 Å². The number of nitrogens with two attached hydrogens (primary N) is 1. The van der Waals surface area contributed by atoms with E-state index in [9.17, 15) is 4.79 Å². The molecule has 0 fully saturated rings. The number of nitrogens with one attached hydrogen (secondary N) is 1.